The molecule has 2 aliphatic rings. The second-order valence-corrected chi connectivity index (χ2v) is 8.93. The summed E-state index contributed by atoms with van der Waals surface area (Å²) in [5.74, 6) is -0.662. The first kappa shape index (κ1) is 26.6. The number of benzene rings is 2. The average molecular weight is 525 g/mol. The van der Waals surface area contributed by atoms with E-state index in [0.717, 1.165) is 0 Å². The van der Waals surface area contributed by atoms with Crippen molar-refractivity contribution >= 4 is 35.1 Å². The molecule has 3 amide bonds. The molecule has 2 aromatic rings. The van der Waals surface area contributed by atoms with Crippen LogP contribution in [0.25, 0.3) is 0 Å². The monoisotopic (exact) mass is 524 g/mol. The summed E-state index contributed by atoms with van der Waals surface area (Å²) in [6, 6.07) is 11.1. The van der Waals surface area contributed by atoms with Crippen molar-refractivity contribution in [2.45, 2.75) is 13.0 Å². The van der Waals surface area contributed by atoms with Crippen molar-refractivity contribution in [3.05, 3.63) is 66.0 Å². The molecular formula is C27H29FN4O6. The summed E-state index contributed by atoms with van der Waals surface area (Å²) >= 11 is 0. The number of ketones is 1. The lowest BCUT2D eigenvalue weighted by Gasteiger charge is -2.36. The maximum absolute atomic E-state index is 15.0. The van der Waals surface area contributed by atoms with E-state index < -0.39 is 18.0 Å². The maximum atomic E-state index is 15.0. The number of nitrogens with one attached hydrogen (secondary N) is 1. The zero-order valence-electron chi connectivity index (χ0n) is 21.2. The zero-order valence-corrected chi connectivity index (χ0v) is 21.2. The third-order valence-corrected chi connectivity index (χ3v) is 6.38. The molecule has 2 aromatic carbocycles. The Morgan fingerprint density at radius 2 is 1.79 bits per heavy atom. The Morgan fingerprint density at radius 3 is 2.42 bits per heavy atom. The summed E-state index contributed by atoms with van der Waals surface area (Å²) in [5.41, 5.74) is 1.18. The fourth-order valence-corrected chi connectivity index (χ4v) is 4.29. The summed E-state index contributed by atoms with van der Waals surface area (Å²) in [4.78, 5) is 53.0. The summed E-state index contributed by atoms with van der Waals surface area (Å²) in [6.07, 6.45) is 1.39. The molecule has 38 heavy (non-hydrogen) atoms. The van der Waals surface area contributed by atoms with Crippen molar-refractivity contribution in [2.24, 2.45) is 0 Å². The summed E-state index contributed by atoms with van der Waals surface area (Å²) in [6.45, 7) is 3.31. The molecule has 0 aliphatic carbocycles. The Hall–Kier alpha value is -4.41. The molecule has 0 radical (unpaired) electrons. The highest BCUT2D eigenvalue weighted by atomic mass is 19.1. The number of hydrogen-bond acceptors (Lipinski definition) is 7. The van der Waals surface area contributed by atoms with Crippen LogP contribution in [0.3, 0.4) is 0 Å². The number of hydrogen-bond donors (Lipinski definition) is 1. The zero-order chi connectivity index (χ0) is 27.2. The number of piperazine rings is 1. The van der Waals surface area contributed by atoms with Crippen LogP contribution in [0.15, 0.2) is 54.6 Å². The number of methoxy groups -OCH3 is 1. The number of carbonyl (C=O) groups is 4. The molecule has 1 unspecified atom stereocenters. The van der Waals surface area contributed by atoms with Gasteiger partial charge in [0.05, 0.1) is 31.6 Å². The highest BCUT2D eigenvalue weighted by Crippen LogP contribution is 2.28. The van der Waals surface area contributed by atoms with Crippen molar-refractivity contribution in [2.75, 3.05) is 56.2 Å². The molecule has 1 N–H and O–H groups in total. The van der Waals surface area contributed by atoms with Crippen LogP contribution in [0, 0.1) is 5.82 Å². The van der Waals surface area contributed by atoms with E-state index in [1.165, 1.54) is 37.2 Å². The molecule has 2 saturated heterocycles. The third-order valence-electron chi connectivity index (χ3n) is 6.38. The molecule has 4 rings (SSSR count). The lowest BCUT2D eigenvalue weighted by Crippen LogP contribution is -2.48. The van der Waals surface area contributed by atoms with Gasteiger partial charge in [0.25, 0.3) is 0 Å². The number of allylic oxidation sites excluding steroid dienone is 1. The second kappa shape index (κ2) is 11.8. The van der Waals surface area contributed by atoms with Crippen molar-refractivity contribution in [3.63, 3.8) is 0 Å². The number of carbonyl (C=O) groups excluding carboxylic acids is 4. The minimum Gasteiger partial charge on any atom is -0.497 e. The van der Waals surface area contributed by atoms with Gasteiger partial charge in [-0.3, -0.25) is 19.3 Å². The van der Waals surface area contributed by atoms with Gasteiger partial charge in [0.2, 0.25) is 11.8 Å². The number of rotatable bonds is 8. The second-order valence-electron chi connectivity index (χ2n) is 8.93. The summed E-state index contributed by atoms with van der Waals surface area (Å²) in [5, 5.41) is 2.60. The minimum absolute atomic E-state index is 0.186. The number of nitrogens with zero attached hydrogens (tertiary/aromatic N) is 3. The van der Waals surface area contributed by atoms with E-state index in [-0.39, 0.29) is 30.7 Å². The Kier molecular flexibility index (Phi) is 8.25. The van der Waals surface area contributed by atoms with Gasteiger partial charge < -0.3 is 24.6 Å². The molecule has 2 heterocycles. The molecule has 0 spiro atoms. The van der Waals surface area contributed by atoms with E-state index >= 15 is 4.39 Å². The van der Waals surface area contributed by atoms with Crippen molar-refractivity contribution < 1.29 is 33.0 Å². The highest BCUT2D eigenvalue weighted by Gasteiger charge is 2.33. The van der Waals surface area contributed by atoms with Crippen LogP contribution < -0.4 is 19.9 Å². The number of cyclic esters (lactones) is 1. The molecule has 200 valence electrons. The molecule has 0 bridgehead atoms. The van der Waals surface area contributed by atoms with E-state index in [0.29, 0.717) is 48.9 Å². The molecule has 2 aliphatic heterocycles. The Bertz CT molecular complexity index is 1240. The van der Waals surface area contributed by atoms with Gasteiger partial charge in [0, 0.05) is 44.7 Å². The van der Waals surface area contributed by atoms with Crippen LogP contribution in [0.2, 0.25) is 0 Å². The lowest BCUT2D eigenvalue weighted by molar-refractivity contribution is -0.126. The Labute approximate surface area is 219 Å². The molecule has 11 heteroatoms. The standard InChI is InChI=1S/C27H29FN4O6/c1-18(33)29-16-22-17-32(27(36)38-22)20-5-8-24(23(28)15-20)30-11-13-31(14-12-30)26(35)10-9-25(34)19-3-6-21(37-2)7-4-19/h3-10,15,22H,11-14,16-17H2,1-2H3,(H,29,33). The first-order chi connectivity index (χ1) is 18.2. The van der Waals surface area contributed by atoms with E-state index in [1.54, 1.807) is 41.3 Å². The fourth-order valence-electron chi connectivity index (χ4n) is 4.29. The van der Waals surface area contributed by atoms with Gasteiger partial charge in [-0.25, -0.2) is 9.18 Å². The lowest BCUT2D eigenvalue weighted by atomic mass is 10.1. The van der Waals surface area contributed by atoms with Gasteiger partial charge in [-0.2, -0.15) is 0 Å². The molecule has 0 saturated carbocycles. The van der Waals surface area contributed by atoms with Crippen LogP contribution in [0.4, 0.5) is 20.6 Å². The van der Waals surface area contributed by atoms with E-state index in [4.69, 9.17) is 9.47 Å². The predicted octanol–water partition coefficient (Wildman–Crippen LogP) is 2.38. The van der Waals surface area contributed by atoms with Crippen LogP contribution >= 0.6 is 0 Å². The fraction of sp³-hybridized carbons (Fsp3) is 0.333. The van der Waals surface area contributed by atoms with Crippen molar-refractivity contribution in [1.82, 2.24) is 10.2 Å². The molecular weight excluding hydrogens is 495 g/mol. The highest BCUT2D eigenvalue weighted by molar-refractivity contribution is 6.07. The van der Waals surface area contributed by atoms with Gasteiger partial charge >= 0.3 is 6.09 Å². The predicted molar refractivity (Wildman–Crippen MR) is 138 cm³/mol. The van der Waals surface area contributed by atoms with Gasteiger partial charge in [-0.05, 0) is 48.5 Å². The number of halogens is 1. The minimum atomic E-state index is -0.599. The third kappa shape index (κ3) is 6.28. The summed E-state index contributed by atoms with van der Waals surface area (Å²) in [7, 11) is 1.54. The first-order valence-electron chi connectivity index (χ1n) is 12.2. The first-order valence-corrected chi connectivity index (χ1v) is 12.2. The topological polar surface area (TPSA) is 108 Å². The van der Waals surface area contributed by atoms with Gasteiger partial charge in [0.15, 0.2) is 5.78 Å². The SMILES string of the molecule is COc1ccc(C(=O)C=CC(=O)N2CCN(c3ccc(N4CC(CNC(C)=O)OC4=O)cc3F)CC2)cc1. The molecule has 10 nitrogen and oxygen atoms in total. The van der Waals surface area contributed by atoms with Crippen LogP contribution in [-0.2, 0) is 14.3 Å². The van der Waals surface area contributed by atoms with E-state index in [2.05, 4.69) is 5.32 Å². The molecule has 0 aromatic heterocycles. The van der Waals surface area contributed by atoms with Crippen LogP contribution in [0.1, 0.15) is 17.3 Å². The number of anilines is 2. The largest absolute Gasteiger partial charge is 0.497 e. The van der Waals surface area contributed by atoms with Crippen LogP contribution in [0.5, 0.6) is 5.75 Å². The average Bonchev–Trinajstić information content (AvgIpc) is 3.30. The van der Waals surface area contributed by atoms with Crippen molar-refractivity contribution in [1.29, 1.82) is 0 Å². The van der Waals surface area contributed by atoms with E-state index in [9.17, 15) is 19.2 Å². The smallest absolute Gasteiger partial charge is 0.414 e. The molecule has 2 fully saturated rings. The maximum Gasteiger partial charge on any atom is 0.414 e. The normalized spacial score (nSPS) is 17.5. The van der Waals surface area contributed by atoms with Gasteiger partial charge in [0.1, 0.15) is 17.7 Å². The Balaban J connectivity index is 1.31. The van der Waals surface area contributed by atoms with Crippen LogP contribution in [-0.4, -0.2) is 81.1 Å². The van der Waals surface area contributed by atoms with E-state index in [1.807, 2.05) is 4.90 Å². The Morgan fingerprint density at radius 1 is 1.08 bits per heavy atom. The molecule has 1 atom stereocenters. The van der Waals surface area contributed by atoms with Gasteiger partial charge in [-0.15, -0.1) is 0 Å². The number of amides is 3. The number of ether oxygens (including phenoxy) is 2. The summed E-state index contributed by atoms with van der Waals surface area (Å²) < 4.78 is 25.3. The van der Waals surface area contributed by atoms with Crippen molar-refractivity contribution in [3.8, 4) is 5.75 Å². The quantitative estimate of drug-likeness (QED) is 0.417. The van der Waals surface area contributed by atoms with Gasteiger partial charge in [-0.1, -0.05) is 0 Å².